The number of fused-ring (bicyclic) bond motifs is 1. The van der Waals surface area contributed by atoms with Gasteiger partial charge in [-0.15, -0.1) is 0 Å². The normalized spacial score (nSPS) is 27.1. The van der Waals surface area contributed by atoms with Crippen LogP contribution in [-0.4, -0.2) is 21.8 Å². The van der Waals surface area contributed by atoms with Crippen molar-refractivity contribution < 1.29 is 0 Å². The second-order valence-corrected chi connectivity index (χ2v) is 7.36. The van der Waals surface area contributed by atoms with Gasteiger partial charge in [-0.1, -0.05) is 31.2 Å². The first-order chi connectivity index (χ1) is 9.65. The van der Waals surface area contributed by atoms with Crippen LogP contribution >= 0.6 is 11.8 Å². The number of nitrogens with one attached hydrogen (secondary N) is 1. The highest BCUT2D eigenvalue weighted by molar-refractivity contribution is 7.99. The van der Waals surface area contributed by atoms with E-state index in [2.05, 4.69) is 37.0 Å². The van der Waals surface area contributed by atoms with E-state index in [1.165, 1.54) is 24.8 Å². The van der Waals surface area contributed by atoms with Crippen LogP contribution in [0.3, 0.4) is 0 Å². The maximum Gasteiger partial charge on any atom is 0.166 e. The molecular weight excluding hydrogens is 266 g/mol. The molecule has 3 rings (SSSR count). The molecular formula is C16H23N3S. The summed E-state index contributed by atoms with van der Waals surface area (Å²) in [5.74, 6) is 1.44. The average Bonchev–Trinajstić information content (AvgIpc) is 2.80. The number of H-pyrrole nitrogens is 1. The molecule has 1 heterocycles. The Labute approximate surface area is 124 Å². The molecule has 108 valence electrons. The Kier molecular flexibility index (Phi) is 4.03. The van der Waals surface area contributed by atoms with Crippen LogP contribution in [0.25, 0.3) is 11.0 Å². The molecule has 2 aromatic rings. The zero-order valence-corrected chi connectivity index (χ0v) is 13.0. The summed E-state index contributed by atoms with van der Waals surface area (Å²) in [5.41, 5.74) is 9.41. The van der Waals surface area contributed by atoms with Crippen molar-refractivity contribution in [2.45, 2.75) is 43.5 Å². The van der Waals surface area contributed by atoms with Crippen molar-refractivity contribution >= 4 is 22.8 Å². The maximum absolute atomic E-state index is 5.94. The molecule has 1 saturated carbocycles. The summed E-state index contributed by atoms with van der Waals surface area (Å²) in [4.78, 5) is 8.16. The molecule has 1 fully saturated rings. The van der Waals surface area contributed by atoms with E-state index < -0.39 is 0 Å². The second kappa shape index (κ2) is 5.78. The van der Waals surface area contributed by atoms with Crippen molar-refractivity contribution in [1.29, 1.82) is 0 Å². The first-order valence-electron chi connectivity index (χ1n) is 7.49. The van der Waals surface area contributed by atoms with Gasteiger partial charge in [0.2, 0.25) is 0 Å². The quantitative estimate of drug-likeness (QED) is 0.905. The maximum atomic E-state index is 5.94. The highest BCUT2D eigenvalue weighted by atomic mass is 32.2. The van der Waals surface area contributed by atoms with E-state index >= 15 is 0 Å². The van der Waals surface area contributed by atoms with E-state index in [0.717, 1.165) is 28.7 Å². The number of aryl methyl sites for hydroxylation is 1. The summed E-state index contributed by atoms with van der Waals surface area (Å²) in [6, 6.07) is 6.37. The Morgan fingerprint density at radius 2 is 2.25 bits per heavy atom. The summed E-state index contributed by atoms with van der Waals surface area (Å²) in [7, 11) is 0. The molecule has 20 heavy (non-hydrogen) atoms. The van der Waals surface area contributed by atoms with Gasteiger partial charge >= 0.3 is 0 Å². The Bertz CT molecular complexity index is 592. The Hall–Kier alpha value is -1.00. The predicted molar refractivity (Wildman–Crippen MR) is 86.0 cm³/mol. The van der Waals surface area contributed by atoms with Gasteiger partial charge in [-0.25, -0.2) is 4.98 Å². The van der Waals surface area contributed by atoms with Crippen LogP contribution in [0.15, 0.2) is 23.4 Å². The lowest BCUT2D eigenvalue weighted by Gasteiger charge is -2.33. The lowest BCUT2D eigenvalue weighted by atomic mass is 9.82. The van der Waals surface area contributed by atoms with Gasteiger partial charge in [-0.05, 0) is 55.8 Å². The summed E-state index contributed by atoms with van der Waals surface area (Å²) < 4.78 is 0. The largest absolute Gasteiger partial charge is 0.333 e. The number of benzene rings is 1. The number of nitrogens with zero attached hydrogens (tertiary/aromatic N) is 1. The van der Waals surface area contributed by atoms with Crippen molar-refractivity contribution in [1.82, 2.24) is 9.97 Å². The molecule has 0 bridgehead atoms. The van der Waals surface area contributed by atoms with Crippen molar-refractivity contribution in [3.63, 3.8) is 0 Å². The second-order valence-electron chi connectivity index (χ2n) is 6.13. The molecule has 1 aliphatic rings. The topological polar surface area (TPSA) is 54.7 Å². The Morgan fingerprint density at radius 3 is 3.05 bits per heavy atom. The first kappa shape index (κ1) is 14.0. The number of hydrogen-bond acceptors (Lipinski definition) is 3. The smallest absolute Gasteiger partial charge is 0.166 e. The zero-order chi connectivity index (χ0) is 14.1. The third kappa shape index (κ3) is 2.86. The third-order valence-electron chi connectivity index (χ3n) is 4.37. The van der Waals surface area contributed by atoms with E-state index in [1.54, 1.807) is 0 Å². The van der Waals surface area contributed by atoms with Gasteiger partial charge in [0.25, 0.3) is 0 Å². The Morgan fingerprint density at radius 1 is 1.40 bits per heavy atom. The van der Waals surface area contributed by atoms with Gasteiger partial charge < -0.3 is 10.7 Å². The highest BCUT2D eigenvalue weighted by Crippen LogP contribution is 2.38. The molecule has 3 N–H and O–H groups in total. The molecule has 0 amide bonds. The number of nitrogens with two attached hydrogens (primary N) is 1. The molecule has 0 radical (unpaired) electrons. The number of imidazole rings is 1. The molecule has 3 atom stereocenters. The summed E-state index contributed by atoms with van der Waals surface area (Å²) in [6.07, 6.45) is 3.83. The minimum atomic E-state index is 0.602. The SMILES string of the molecule is Cc1ccc2nc(SC3CC(C)CCC3CN)[nH]c2c1. The molecule has 3 unspecified atom stereocenters. The van der Waals surface area contributed by atoms with Gasteiger partial charge in [-0.2, -0.15) is 0 Å². The average molecular weight is 289 g/mol. The first-order valence-corrected chi connectivity index (χ1v) is 8.36. The number of hydrogen-bond donors (Lipinski definition) is 2. The minimum absolute atomic E-state index is 0.602. The summed E-state index contributed by atoms with van der Waals surface area (Å²) in [6.45, 7) is 5.26. The van der Waals surface area contributed by atoms with Crippen molar-refractivity contribution in [3.8, 4) is 0 Å². The van der Waals surface area contributed by atoms with Crippen LogP contribution in [0.5, 0.6) is 0 Å². The predicted octanol–water partition coefficient (Wildman–Crippen LogP) is 3.73. The molecule has 1 aromatic heterocycles. The van der Waals surface area contributed by atoms with Crippen molar-refractivity contribution in [2.24, 2.45) is 17.6 Å². The van der Waals surface area contributed by atoms with Crippen LogP contribution < -0.4 is 5.73 Å². The van der Waals surface area contributed by atoms with Gasteiger partial charge in [0.05, 0.1) is 11.0 Å². The van der Waals surface area contributed by atoms with E-state index in [9.17, 15) is 0 Å². The van der Waals surface area contributed by atoms with Crippen LogP contribution in [0, 0.1) is 18.8 Å². The zero-order valence-electron chi connectivity index (χ0n) is 12.2. The van der Waals surface area contributed by atoms with Gasteiger partial charge in [0, 0.05) is 5.25 Å². The van der Waals surface area contributed by atoms with Crippen LogP contribution in [0.1, 0.15) is 31.7 Å². The third-order valence-corrected chi connectivity index (χ3v) is 5.67. The Balaban J connectivity index is 1.80. The molecule has 0 aliphatic heterocycles. The van der Waals surface area contributed by atoms with E-state index in [-0.39, 0.29) is 0 Å². The van der Waals surface area contributed by atoms with E-state index in [4.69, 9.17) is 10.7 Å². The fourth-order valence-corrected chi connectivity index (χ4v) is 4.58. The van der Waals surface area contributed by atoms with Crippen LogP contribution in [0.4, 0.5) is 0 Å². The van der Waals surface area contributed by atoms with Gasteiger partial charge in [-0.3, -0.25) is 0 Å². The standard InChI is InChI=1S/C16H23N3S/c1-10-4-6-13-14(7-10)19-16(18-13)20-15-8-11(2)3-5-12(15)9-17/h4,6-7,11-12,15H,3,5,8-9,17H2,1-2H3,(H,18,19). The lowest BCUT2D eigenvalue weighted by molar-refractivity contribution is 0.306. The molecule has 3 nitrogen and oxygen atoms in total. The van der Waals surface area contributed by atoms with Crippen LogP contribution in [0.2, 0.25) is 0 Å². The molecule has 1 aromatic carbocycles. The molecule has 0 saturated heterocycles. The number of thioether (sulfide) groups is 1. The van der Waals surface area contributed by atoms with E-state index in [1.807, 2.05) is 11.8 Å². The van der Waals surface area contributed by atoms with Gasteiger partial charge in [0.15, 0.2) is 5.16 Å². The number of aromatic nitrogens is 2. The van der Waals surface area contributed by atoms with Crippen molar-refractivity contribution in [3.05, 3.63) is 23.8 Å². The fraction of sp³-hybridized carbons (Fsp3) is 0.562. The lowest BCUT2D eigenvalue weighted by Crippen LogP contribution is -2.31. The van der Waals surface area contributed by atoms with E-state index in [0.29, 0.717) is 11.2 Å². The van der Waals surface area contributed by atoms with Crippen LogP contribution in [-0.2, 0) is 0 Å². The summed E-state index contributed by atoms with van der Waals surface area (Å²) >= 11 is 1.89. The number of aromatic amines is 1. The van der Waals surface area contributed by atoms with Crippen molar-refractivity contribution in [2.75, 3.05) is 6.54 Å². The highest BCUT2D eigenvalue weighted by Gasteiger charge is 2.29. The fourth-order valence-electron chi connectivity index (χ4n) is 3.10. The molecule has 0 spiro atoms. The molecule has 4 heteroatoms. The summed E-state index contributed by atoms with van der Waals surface area (Å²) in [5, 5.41) is 1.65. The number of rotatable bonds is 3. The molecule has 1 aliphatic carbocycles. The monoisotopic (exact) mass is 289 g/mol. The van der Waals surface area contributed by atoms with Gasteiger partial charge in [0.1, 0.15) is 0 Å². The minimum Gasteiger partial charge on any atom is -0.333 e.